The minimum absolute atomic E-state index is 1.06. The van der Waals surface area contributed by atoms with Crippen molar-refractivity contribution in [1.29, 1.82) is 0 Å². The van der Waals surface area contributed by atoms with Gasteiger partial charge in [0, 0.05) is 0 Å². The maximum atomic E-state index is 3.79. The van der Waals surface area contributed by atoms with Crippen LogP contribution in [0.2, 0.25) is 0 Å². The SMILES string of the molecule is C=CCC(=CC)CCCCCCC=C(C)C. The summed E-state index contributed by atoms with van der Waals surface area (Å²) in [5, 5.41) is 0. The van der Waals surface area contributed by atoms with Crippen LogP contribution in [-0.4, -0.2) is 0 Å². The van der Waals surface area contributed by atoms with E-state index in [4.69, 9.17) is 0 Å². The Balaban J connectivity index is 3.39. The highest BCUT2D eigenvalue weighted by Gasteiger charge is 1.94. The molecule has 0 aromatic rings. The summed E-state index contributed by atoms with van der Waals surface area (Å²) in [6.45, 7) is 10.3. The third-order valence-corrected chi connectivity index (χ3v) is 2.82. The van der Waals surface area contributed by atoms with E-state index in [1.165, 1.54) is 44.1 Å². The molecule has 0 aromatic carbocycles. The summed E-state index contributed by atoms with van der Waals surface area (Å²) in [6, 6.07) is 0. The van der Waals surface area contributed by atoms with E-state index in [2.05, 4.69) is 39.5 Å². The predicted molar refractivity (Wildman–Crippen MR) is 75.7 cm³/mol. The normalized spacial score (nSPS) is 11.3. The smallest absolute Gasteiger partial charge is 0.0142 e. The summed E-state index contributed by atoms with van der Waals surface area (Å²) >= 11 is 0. The second-order valence-electron chi connectivity index (χ2n) is 4.67. The molecule has 0 aliphatic rings. The molecular formula is C16H28. The van der Waals surface area contributed by atoms with Crippen molar-refractivity contribution in [3.8, 4) is 0 Å². The van der Waals surface area contributed by atoms with Crippen LogP contribution >= 0.6 is 0 Å². The monoisotopic (exact) mass is 220 g/mol. The quantitative estimate of drug-likeness (QED) is 0.339. The second-order valence-corrected chi connectivity index (χ2v) is 4.67. The lowest BCUT2D eigenvalue weighted by Crippen LogP contribution is -1.84. The van der Waals surface area contributed by atoms with Gasteiger partial charge in [-0.05, 0) is 52.9 Å². The summed E-state index contributed by atoms with van der Waals surface area (Å²) < 4.78 is 0. The molecule has 0 radical (unpaired) electrons. The van der Waals surface area contributed by atoms with Crippen LogP contribution in [0.25, 0.3) is 0 Å². The highest BCUT2D eigenvalue weighted by atomic mass is 14.0. The topological polar surface area (TPSA) is 0 Å². The van der Waals surface area contributed by atoms with Crippen LogP contribution in [0.1, 0.15) is 65.7 Å². The Morgan fingerprint density at radius 2 is 1.75 bits per heavy atom. The molecule has 0 spiro atoms. The van der Waals surface area contributed by atoms with Gasteiger partial charge in [0.1, 0.15) is 0 Å². The first-order chi connectivity index (χ1) is 7.70. The Bertz CT molecular complexity index is 226. The maximum Gasteiger partial charge on any atom is -0.0142 e. The van der Waals surface area contributed by atoms with Gasteiger partial charge in [0.2, 0.25) is 0 Å². The number of unbranched alkanes of at least 4 members (excludes halogenated alkanes) is 4. The molecule has 0 rings (SSSR count). The van der Waals surface area contributed by atoms with Crippen molar-refractivity contribution in [2.24, 2.45) is 0 Å². The third-order valence-electron chi connectivity index (χ3n) is 2.82. The lowest BCUT2D eigenvalue weighted by molar-refractivity contribution is 0.640. The molecule has 0 saturated carbocycles. The van der Waals surface area contributed by atoms with E-state index >= 15 is 0 Å². The average Bonchev–Trinajstić information content (AvgIpc) is 2.26. The van der Waals surface area contributed by atoms with Gasteiger partial charge in [-0.2, -0.15) is 0 Å². The van der Waals surface area contributed by atoms with Gasteiger partial charge < -0.3 is 0 Å². The van der Waals surface area contributed by atoms with Crippen molar-refractivity contribution in [1.82, 2.24) is 0 Å². The predicted octanol–water partition coefficient (Wildman–Crippen LogP) is 5.82. The lowest BCUT2D eigenvalue weighted by atomic mass is 10.0. The molecular weight excluding hydrogens is 192 g/mol. The summed E-state index contributed by atoms with van der Waals surface area (Å²) in [4.78, 5) is 0. The summed E-state index contributed by atoms with van der Waals surface area (Å²) in [5.41, 5.74) is 2.99. The molecule has 0 heteroatoms. The first kappa shape index (κ1) is 15.2. The summed E-state index contributed by atoms with van der Waals surface area (Å²) in [6.07, 6.45) is 15.6. The van der Waals surface area contributed by atoms with Crippen LogP contribution < -0.4 is 0 Å². The second kappa shape index (κ2) is 10.7. The van der Waals surface area contributed by atoms with Crippen molar-refractivity contribution >= 4 is 0 Å². The first-order valence-electron chi connectivity index (χ1n) is 6.59. The lowest BCUT2D eigenvalue weighted by Gasteiger charge is -2.03. The average molecular weight is 220 g/mol. The molecule has 0 heterocycles. The molecule has 92 valence electrons. The van der Waals surface area contributed by atoms with Crippen LogP contribution in [0.5, 0.6) is 0 Å². The molecule has 0 amide bonds. The van der Waals surface area contributed by atoms with Gasteiger partial charge in [-0.1, -0.05) is 42.2 Å². The first-order valence-corrected chi connectivity index (χ1v) is 6.59. The zero-order valence-electron chi connectivity index (χ0n) is 11.4. The minimum Gasteiger partial charge on any atom is -0.103 e. The van der Waals surface area contributed by atoms with Crippen molar-refractivity contribution in [2.75, 3.05) is 0 Å². The van der Waals surface area contributed by atoms with Crippen molar-refractivity contribution in [3.05, 3.63) is 36.0 Å². The maximum absolute atomic E-state index is 3.79. The van der Waals surface area contributed by atoms with E-state index in [1.54, 1.807) is 5.57 Å². The minimum atomic E-state index is 1.06. The third kappa shape index (κ3) is 9.76. The van der Waals surface area contributed by atoms with Gasteiger partial charge in [-0.25, -0.2) is 0 Å². The summed E-state index contributed by atoms with van der Waals surface area (Å²) in [7, 11) is 0. The summed E-state index contributed by atoms with van der Waals surface area (Å²) in [5.74, 6) is 0. The Kier molecular flexibility index (Phi) is 10.2. The molecule has 0 aromatic heterocycles. The van der Waals surface area contributed by atoms with Crippen LogP contribution in [0.15, 0.2) is 36.0 Å². The van der Waals surface area contributed by atoms with Crippen molar-refractivity contribution in [2.45, 2.75) is 65.7 Å². The van der Waals surface area contributed by atoms with Gasteiger partial charge in [0.15, 0.2) is 0 Å². The van der Waals surface area contributed by atoms with Crippen molar-refractivity contribution < 1.29 is 0 Å². The van der Waals surface area contributed by atoms with Gasteiger partial charge in [0.05, 0.1) is 0 Å². The number of allylic oxidation sites excluding steroid dienone is 5. The highest BCUT2D eigenvalue weighted by molar-refractivity contribution is 5.04. The van der Waals surface area contributed by atoms with Crippen LogP contribution in [-0.2, 0) is 0 Å². The van der Waals surface area contributed by atoms with Crippen LogP contribution in [0, 0.1) is 0 Å². The largest absolute Gasteiger partial charge is 0.103 e. The molecule has 0 bridgehead atoms. The molecule has 0 unspecified atom stereocenters. The van der Waals surface area contributed by atoms with Gasteiger partial charge in [-0.15, -0.1) is 6.58 Å². The van der Waals surface area contributed by atoms with Gasteiger partial charge in [-0.3, -0.25) is 0 Å². The number of hydrogen-bond acceptors (Lipinski definition) is 0. The Morgan fingerprint density at radius 3 is 2.31 bits per heavy atom. The van der Waals surface area contributed by atoms with E-state index in [0.717, 1.165) is 6.42 Å². The van der Waals surface area contributed by atoms with E-state index in [0.29, 0.717) is 0 Å². The zero-order valence-corrected chi connectivity index (χ0v) is 11.4. The molecule has 0 N–H and O–H groups in total. The molecule has 0 fully saturated rings. The van der Waals surface area contributed by atoms with Crippen LogP contribution in [0.3, 0.4) is 0 Å². The Morgan fingerprint density at radius 1 is 1.06 bits per heavy atom. The molecule has 0 atom stereocenters. The molecule has 0 aliphatic heterocycles. The van der Waals surface area contributed by atoms with Gasteiger partial charge in [0.25, 0.3) is 0 Å². The Hall–Kier alpha value is -0.780. The fraction of sp³-hybridized carbons (Fsp3) is 0.625. The van der Waals surface area contributed by atoms with Crippen LogP contribution in [0.4, 0.5) is 0 Å². The van der Waals surface area contributed by atoms with E-state index in [1.807, 2.05) is 6.08 Å². The molecule has 16 heavy (non-hydrogen) atoms. The van der Waals surface area contributed by atoms with Gasteiger partial charge >= 0.3 is 0 Å². The number of rotatable bonds is 9. The van der Waals surface area contributed by atoms with E-state index in [9.17, 15) is 0 Å². The van der Waals surface area contributed by atoms with E-state index in [-0.39, 0.29) is 0 Å². The fourth-order valence-electron chi connectivity index (χ4n) is 1.79. The Labute approximate surface area is 102 Å². The van der Waals surface area contributed by atoms with Crippen molar-refractivity contribution in [3.63, 3.8) is 0 Å². The number of hydrogen-bond donors (Lipinski definition) is 0. The van der Waals surface area contributed by atoms with E-state index < -0.39 is 0 Å². The molecule has 0 aliphatic carbocycles. The zero-order chi connectivity index (χ0) is 12.2. The standard InChI is InChI=1S/C16H28/c1-5-12-16(6-2)14-11-9-7-8-10-13-15(3)4/h5-6,13H,1,7-12,14H2,2-4H3. The molecule has 0 nitrogen and oxygen atoms in total. The molecule has 0 saturated heterocycles. The fourth-order valence-corrected chi connectivity index (χ4v) is 1.79. The highest BCUT2D eigenvalue weighted by Crippen LogP contribution is 2.14.